The number of hydrogen-bond donors (Lipinski definition) is 1. The van der Waals surface area contributed by atoms with Crippen LogP contribution in [0.3, 0.4) is 0 Å². The minimum Gasteiger partial charge on any atom is -0.339 e. The lowest BCUT2D eigenvalue weighted by Crippen LogP contribution is -2.42. The van der Waals surface area contributed by atoms with Gasteiger partial charge in [-0.1, -0.05) is 6.92 Å². The van der Waals surface area contributed by atoms with Crippen LogP contribution in [0, 0.1) is 11.8 Å². The molecule has 2 rings (SSSR count). The second-order valence-electron chi connectivity index (χ2n) is 6.52. The van der Waals surface area contributed by atoms with E-state index in [0.29, 0.717) is 31.2 Å². The predicted octanol–water partition coefficient (Wildman–Crippen LogP) is 1.05. The lowest BCUT2D eigenvalue weighted by Gasteiger charge is -2.32. The van der Waals surface area contributed by atoms with Gasteiger partial charge >= 0.3 is 0 Å². The monoisotopic (exact) mass is 316 g/mol. The Balaban J connectivity index is 1.90. The van der Waals surface area contributed by atoms with Crippen LogP contribution in [0.5, 0.6) is 0 Å². The van der Waals surface area contributed by atoms with Crippen molar-refractivity contribution in [1.29, 1.82) is 0 Å². The molecule has 21 heavy (non-hydrogen) atoms. The van der Waals surface area contributed by atoms with Gasteiger partial charge in [0.2, 0.25) is 5.91 Å². The summed E-state index contributed by atoms with van der Waals surface area (Å²) >= 11 is 0. The van der Waals surface area contributed by atoms with E-state index in [2.05, 4.69) is 12.2 Å². The van der Waals surface area contributed by atoms with Crippen molar-refractivity contribution < 1.29 is 13.2 Å². The van der Waals surface area contributed by atoms with E-state index in [1.54, 1.807) is 4.90 Å². The van der Waals surface area contributed by atoms with Crippen LogP contribution in [0.2, 0.25) is 0 Å². The third kappa shape index (κ3) is 4.42. The molecule has 0 aromatic carbocycles. The van der Waals surface area contributed by atoms with Gasteiger partial charge in [-0.15, -0.1) is 0 Å². The highest BCUT2D eigenvalue weighted by Gasteiger charge is 2.34. The summed E-state index contributed by atoms with van der Waals surface area (Å²) in [5, 5.41) is 3.39. The van der Waals surface area contributed by atoms with Crippen LogP contribution in [0.25, 0.3) is 0 Å². The Morgan fingerprint density at radius 1 is 1.38 bits per heavy atom. The number of rotatable bonds is 5. The first-order valence-corrected chi connectivity index (χ1v) is 9.95. The van der Waals surface area contributed by atoms with Gasteiger partial charge in [-0.25, -0.2) is 8.42 Å². The molecule has 0 aromatic rings. The summed E-state index contributed by atoms with van der Waals surface area (Å²) in [5.41, 5.74) is 0. The highest BCUT2D eigenvalue weighted by atomic mass is 32.2. The zero-order chi connectivity index (χ0) is 15.5. The summed E-state index contributed by atoms with van der Waals surface area (Å²) in [4.78, 5) is 14.3. The Hall–Kier alpha value is -0.620. The minimum atomic E-state index is -2.94. The summed E-state index contributed by atoms with van der Waals surface area (Å²) in [6.45, 7) is 6.77. The Bertz CT molecular complexity index is 458. The molecule has 2 aliphatic rings. The van der Waals surface area contributed by atoms with Crippen molar-refractivity contribution in [2.45, 2.75) is 45.6 Å². The number of piperidine rings is 1. The van der Waals surface area contributed by atoms with E-state index in [4.69, 9.17) is 0 Å². The third-order valence-corrected chi connectivity index (χ3v) is 6.70. The Kier molecular flexibility index (Phi) is 5.66. The van der Waals surface area contributed by atoms with E-state index in [1.807, 2.05) is 6.92 Å². The Morgan fingerprint density at radius 3 is 2.67 bits per heavy atom. The van der Waals surface area contributed by atoms with Gasteiger partial charge < -0.3 is 10.2 Å². The molecule has 5 nitrogen and oxygen atoms in total. The number of nitrogens with one attached hydrogen (secondary N) is 1. The van der Waals surface area contributed by atoms with Crippen LogP contribution in [-0.4, -0.2) is 56.4 Å². The third-order valence-electron chi connectivity index (χ3n) is 4.95. The maximum atomic E-state index is 12.5. The van der Waals surface area contributed by atoms with E-state index in [1.165, 1.54) is 12.8 Å². The standard InChI is InChI=1S/C15H28N2O3S/c1-3-17(14-6-8-21(19,20)11-14)15(18)9-12(2)13-5-4-7-16-10-13/h12-14,16H,3-11H2,1-2H3. The number of nitrogens with zero attached hydrogens (tertiary/aromatic N) is 1. The molecule has 2 aliphatic heterocycles. The molecule has 0 spiro atoms. The maximum Gasteiger partial charge on any atom is 0.223 e. The molecule has 0 saturated carbocycles. The summed E-state index contributed by atoms with van der Waals surface area (Å²) in [5.74, 6) is 1.42. The molecule has 2 saturated heterocycles. The van der Waals surface area contributed by atoms with Crippen molar-refractivity contribution in [1.82, 2.24) is 10.2 Å². The van der Waals surface area contributed by atoms with Crippen molar-refractivity contribution in [2.75, 3.05) is 31.1 Å². The molecule has 0 bridgehead atoms. The summed E-state index contributed by atoms with van der Waals surface area (Å²) in [6.07, 6.45) is 3.50. The van der Waals surface area contributed by atoms with Gasteiger partial charge in [-0.2, -0.15) is 0 Å². The van der Waals surface area contributed by atoms with Crippen LogP contribution in [0.4, 0.5) is 0 Å². The van der Waals surface area contributed by atoms with Gasteiger partial charge in [0.15, 0.2) is 9.84 Å². The molecule has 1 N–H and O–H groups in total. The number of sulfone groups is 1. The normalized spacial score (nSPS) is 30.0. The Morgan fingerprint density at radius 2 is 2.14 bits per heavy atom. The SMILES string of the molecule is CCN(C(=O)CC(C)C1CCCNC1)C1CCS(=O)(=O)C1. The fourth-order valence-corrected chi connectivity index (χ4v) is 5.31. The average molecular weight is 316 g/mol. The van der Waals surface area contributed by atoms with Gasteiger partial charge in [0.05, 0.1) is 11.5 Å². The van der Waals surface area contributed by atoms with E-state index in [0.717, 1.165) is 13.1 Å². The first-order valence-electron chi connectivity index (χ1n) is 8.13. The lowest BCUT2D eigenvalue weighted by molar-refractivity contribution is -0.134. The zero-order valence-corrected chi connectivity index (χ0v) is 14.0. The quantitative estimate of drug-likeness (QED) is 0.823. The van der Waals surface area contributed by atoms with Crippen molar-refractivity contribution >= 4 is 15.7 Å². The van der Waals surface area contributed by atoms with Gasteiger partial charge in [-0.05, 0) is 51.1 Å². The second kappa shape index (κ2) is 7.09. The maximum absolute atomic E-state index is 12.5. The zero-order valence-electron chi connectivity index (χ0n) is 13.2. The van der Waals surface area contributed by atoms with E-state index in [9.17, 15) is 13.2 Å². The topological polar surface area (TPSA) is 66.5 Å². The van der Waals surface area contributed by atoms with E-state index >= 15 is 0 Å². The largest absolute Gasteiger partial charge is 0.339 e. The molecular weight excluding hydrogens is 288 g/mol. The lowest BCUT2D eigenvalue weighted by atomic mass is 9.85. The van der Waals surface area contributed by atoms with Crippen LogP contribution in [0.1, 0.15) is 39.5 Å². The number of carbonyl (C=O) groups is 1. The fraction of sp³-hybridized carbons (Fsp3) is 0.933. The molecule has 2 heterocycles. The fourth-order valence-electron chi connectivity index (χ4n) is 3.58. The Labute approximate surface area is 128 Å². The van der Waals surface area contributed by atoms with E-state index in [-0.39, 0.29) is 23.5 Å². The van der Waals surface area contributed by atoms with Gasteiger partial charge in [0.25, 0.3) is 0 Å². The van der Waals surface area contributed by atoms with Crippen LogP contribution in [0.15, 0.2) is 0 Å². The van der Waals surface area contributed by atoms with Crippen molar-refractivity contribution in [3.05, 3.63) is 0 Å². The van der Waals surface area contributed by atoms with E-state index < -0.39 is 9.84 Å². The molecule has 6 heteroatoms. The molecule has 0 aromatic heterocycles. The molecule has 3 unspecified atom stereocenters. The summed E-state index contributed by atoms with van der Waals surface area (Å²) in [7, 11) is -2.94. The van der Waals surface area contributed by atoms with Crippen LogP contribution < -0.4 is 5.32 Å². The molecule has 1 amide bonds. The van der Waals surface area contributed by atoms with Crippen LogP contribution >= 0.6 is 0 Å². The van der Waals surface area contributed by atoms with Crippen molar-refractivity contribution in [2.24, 2.45) is 11.8 Å². The predicted molar refractivity (Wildman–Crippen MR) is 83.8 cm³/mol. The second-order valence-corrected chi connectivity index (χ2v) is 8.75. The molecule has 0 aliphatic carbocycles. The van der Waals surface area contributed by atoms with Crippen molar-refractivity contribution in [3.63, 3.8) is 0 Å². The van der Waals surface area contributed by atoms with Crippen molar-refractivity contribution in [3.8, 4) is 0 Å². The molecule has 2 fully saturated rings. The highest BCUT2D eigenvalue weighted by Crippen LogP contribution is 2.25. The average Bonchev–Trinajstić information content (AvgIpc) is 2.80. The minimum absolute atomic E-state index is 0.107. The number of amides is 1. The summed E-state index contributed by atoms with van der Waals surface area (Å²) < 4.78 is 23.2. The molecule has 3 atom stereocenters. The number of hydrogen-bond acceptors (Lipinski definition) is 4. The van der Waals surface area contributed by atoms with Gasteiger partial charge in [-0.3, -0.25) is 4.79 Å². The van der Waals surface area contributed by atoms with Gasteiger partial charge in [0, 0.05) is 19.0 Å². The molecule has 122 valence electrons. The molecule has 0 radical (unpaired) electrons. The first-order chi connectivity index (χ1) is 9.93. The van der Waals surface area contributed by atoms with Gasteiger partial charge in [0.1, 0.15) is 0 Å². The number of carbonyl (C=O) groups excluding carboxylic acids is 1. The smallest absolute Gasteiger partial charge is 0.223 e. The first kappa shape index (κ1) is 16.7. The molecular formula is C15H28N2O3S. The summed E-state index contributed by atoms with van der Waals surface area (Å²) in [6, 6.07) is -0.107. The van der Waals surface area contributed by atoms with Crippen LogP contribution in [-0.2, 0) is 14.6 Å². The highest BCUT2D eigenvalue weighted by molar-refractivity contribution is 7.91.